The lowest BCUT2D eigenvalue weighted by Gasteiger charge is -2.11. The summed E-state index contributed by atoms with van der Waals surface area (Å²) in [4.78, 5) is 12.5. The molecule has 1 amide bonds. The Labute approximate surface area is 148 Å². The number of nitrogens with zero attached hydrogens (tertiary/aromatic N) is 2. The largest absolute Gasteiger partial charge is 0.347 e. The van der Waals surface area contributed by atoms with Crippen molar-refractivity contribution in [1.82, 2.24) is 15.1 Å². The van der Waals surface area contributed by atoms with Gasteiger partial charge in [0.25, 0.3) is 5.91 Å². The van der Waals surface area contributed by atoms with Gasteiger partial charge in [-0.1, -0.05) is 17.7 Å². The molecule has 1 aliphatic rings. The second kappa shape index (κ2) is 6.29. The predicted molar refractivity (Wildman–Crippen MR) is 97.4 cm³/mol. The zero-order valence-electron chi connectivity index (χ0n) is 15.0. The number of sulfone groups is 1. The molecular formula is C18H23N3O3S. The molecule has 6 nitrogen and oxygen atoms in total. The number of rotatable bonds is 3. The molecule has 7 heteroatoms. The summed E-state index contributed by atoms with van der Waals surface area (Å²) in [7, 11) is -1.21. The molecular weight excluding hydrogens is 338 g/mol. The quantitative estimate of drug-likeness (QED) is 0.906. The molecule has 1 N–H and O–H groups in total. The van der Waals surface area contributed by atoms with Crippen LogP contribution in [0.25, 0.3) is 11.3 Å². The first-order valence-electron chi connectivity index (χ1n) is 8.30. The van der Waals surface area contributed by atoms with Crippen LogP contribution in [0, 0.1) is 20.8 Å². The van der Waals surface area contributed by atoms with Crippen molar-refractivity contribution in [2.75, 3.05) is 11.5 Å². The molecule has 0 aliphatic carbocycles. The van der Waals surface area contributed by atoms with Gasteiger partial charge >= 0.3 is 0 Å². The smallest absolute Gasteiger partial charge is 0.272 e. The van der Waals surface area contributed by atoms with E-state index in [1.165, 1.54) is 5.56 Å². The molecule has 1 aromatic heterocycles. The van der Waals surface area contributed by atoms with E-state index >= 15 is 0 Å². The van der Waals surface area contributed by atoms with Crippen LogP contribution in [0.2, 0.25) is 0 Å². The molecule has 1 fully saturated rings. The number of nitrogens with one attached hydrogen (secondary N) is 1. The highest BCUT2D eigenvalue weighted by Crippen LogP contribution is 2.28. The van der Waals surface area contributed by atoms with Gasteiger partial charge in [-0.25, -0.2) is 8.42 Å². The molecule has 0 radical (unpaired) electrons. The molecule has 2 aromatic rings. The number of carbonyl (C=O) groups is 1. The highest BCUT2D eigenvalue weighted by molar-refractivity contribution is 7.91. The van der Waals surface area contributed by atoms with Crippen molar-refractivity contribution in [1.29, 1.82) is 0 Å². The fourth-order valence-electron chi connectivity index (χ4n) is 3.56. The fraction of sp³-hybridized carbons (Fsp3) is 0.444. The van der Waals surface area contributed by atoms with Crippen LogP contribution in [0.4, 0.5) is 0 Å². The van der Waals surface area contributed by atoms with E-state index in [9.17, 15) is 13.2 Å². The van der Waals surface area contributed by atoms with Gasteiger partial charge in [-0.15, -0.1) is 0 Å². The highest BCUT2D eigenvalue weighted by Gasteiger charge is 2.29. The Kier molecular flexibility index (Phi) is 4.45. The molecule has 0 saturated carbocycles. The Morgan fingerprint density at radius 3 is 2.40 bits per heavy atom. The van der Waals surface area contributed by atoms with Crippen LogP contribution in [-0.4, -0.2) is 41.7 Å². The number of hydrogen-bond acceptors (Lipinski definition) is 4. The fourth-order valence-corrected chi connectivity index (χ4v) is 5.24. The third kappa shape index (κ3) is 3.61. The molecule has 25 heavy (non-hydrogen) atoms. The second-order valence-corrected chi connectivity index (χ2v) is 9.11. The standard InChI is InChI=1S/C18H23N3O3S/c1-11-7-12(2)17(13(3)8-11)16-9-15(20-21(16)4)18(22)19-14-5-6-25(23,24)10-14/h7-9,14H,5-6,10H2,1-4H3,(H,19,22). The van der Waals surface area contributed by atoms with Crippen LogP contribution in [0.5, 0.6) is 0 Å². The van der Waals surface area contributed by atoms with Crippen molar-refractivity contribution < 1.29 is 13.2 Å². The minimum absolute atomic E-state index is 0.00854. The predicted octanol–water partition coefficient (Wildman–Crippen LogP) is 1.93. The lowest BCUT2D eigenvalue weighted by Crippen LogP contribution is -2.35. The second-order valence-electron chi connectivity index (χ2n) is 6.89. The zero-order chi connectivity index (χ0) is 18.4. The maximum Gasteiger partial charge on any atom is 0.272 e. The zero-order valence-corrected chi connectivity index (χ0v) is 15.8. The molecule has 1 aliphatic heterocycles. The molecule has 2 heterocycles. The Hall–Kier alpha value is -2.15. The summed E-state index contributed by atoms with van der Waals surface area (Å²) >= 11 is 0. The molecule has 1 unspecified atom stereocenters. The van der Waals surface area contributed by atoms with Crippen molar-refractivity contribution in [2.24, 2.45) is 7.05 Å². The first kappa shape index (κ1) is 17.7. The van der Waals surface area contributed by atoms with Gasteiger partial charge in [-0.3, -0.25) is 9.48 Å². The molecule has 1 saturated heterocycles. The molecule has 0 spiro atoms. The molecule has 134 valence electrons. The van der Waals surface area contributed by atoms with Gasteiger partial charge in [0, 0.05) is 18.7 Å². The summed E-state index contributed by atoms with van der Waals surface area (Å²) in [5, 5.41) is 7.11. The maximum absolute atomic E-state index is 12.5. The SMILES string of the molecule is Cc1cc(C)c(-c2cc(C(=O)NC3CCS(=O)(=O)C3)nn2C)c(C)c1. The van der Waals surface area contributed by atoms with E-state index in [0.29, 0.717) is 12.1 Å². The maximum atomic E-state index is 12.5. The van der Waals surface area contributed by atoms with E-state index < -0.39 is 9.84 Å². The monoisotopic (exact) mass is 361 g/mol. The summed E-state index contributed by atoms with van der Waals surface area (Å²) in [6.07, 6.45) is 0.462. The van der Waals surface area contributed by atoms with Gasteiger partial charge in [0.05, 0.1) is 17.2 Å². The van der Waals surface area contributed by atoms with Crippen LogP contribution < -0.4 is 5.32 Å². The number of benzene rings is 1. The highest BCUT2D eigenvalue weighted by atomic mass is 32.2. The van der Waals surface area contributed by atoms with Crippen LogP contribution in [0.3, 0.4) is 0 Å². The number of aromatic nitrogens is 2. The summed E-state index contributed by atoms with van der Waals surface area (Å²) in [6, 6.07) is 5.66. The van der Waals surface area contributed by atoms with Crippen molar-refractivity contribution in [3.05, 3.63) is 40.6 Å². The lowest BCUT2D eigenvalue weighted by atomic mass is 9.97. The third-order valence-electron chi connectivity index (χ3n) is 4.61. The lowest BCUT2D eigenvalue weighted by molar-refractivity contribution is 0.0935. The van der Waals surface area contributed by atoms with E-state index in [1.54, 1.807) is 10.7 Å². The van der Waals surface area contributed by atoms with Gasteiger partial charge in [0.15, 0.2) is 15.5 Å². The summed E-state index contributed by atoms with van der Waals surface area (Å²) in [5.41, 5.74) is 5.72. The number of aryl methyl sites for hydroxylation is 4. The Bertz CT molecular complexity index is 921. The van der Waals surface area contributed by atoms with Crippen molar-refractivity contribution >= 4 is 15.7 Å². The number of hydrogen-bond donors (Lipinski definition) is 1. The van der Waals surface area contributed by atoms with E-state index in [1.807, 2.05) is 20.9 Å². The summed E-state index contributed by atoms with van der Waals surface area (Å²) < 4.78 is 24.8. The third-order valence-corrected chi connectivity index (χ3v) is 6.38. The van der Waals surface area contributed by atoms with Crippen molar-refractivity contribution in [2.45, 2.75) is 33.2 Å². The average Bonchev–Trinajstić information content (AvgIpc) is 3.01. The van der Waals surface area contributed by atoms with Crippen LogP contribution >= 0.6 is 0 Å². The Morgan fingerprint density at radius 2 is 1.84 bits per heavy atom. The van der Waals surface area contributed by atoms with Gasteiger partial charge in [-0.05, 0) is 44.4 Å². The minimum atomic E-state index is -3.02. The van der Waals surface area contributed by atoms with Crippen LogP contribution in [0.15, 0.2) is 18.2 Å². The van der Waals surface area contributed by atoms with E-state index in [-0.39, 0.29) is 23.5 Å². The van der Waals surface area contributed by atoms with Gasteiger partial charge < -0.3 is 5.32 Å². The summed E-state index contributed by atoms with van der Waals surface area (Å²) in [6.45, 7) is 6.15. The topological polar surface area (TPSA) is 81.1 Å². The average molecular weight is 361 g/mol. The molecule has 1 aromatic carbocycles. The van der Waals surface area contributed by atoms with Crippen LogP contribution in [-0.2, 0) is 16.9 Å². The number of carbonyl (C=O) groups excluding carboxylic acids is 1. The Morgan fingerprint density at radius 1 is 1.20 bits per heavy atom. The summed E-state index contributed by atoms with van der Waals surface area (Å²) in [5.74, 6) is -0.187. The van der Waals surface area contributed by atoms with Gasteiger partial charge in [0.1, 0.15) is 0 Å². The van der Waals surface area contributed by atoms with Crippen molar-refractivity contribution in [3.8, 4) is 11.3 Å². The van der Waals surface area contributed by atoms with Gasteiger partial charge in [0.2, 0.25) is 0 Å². The molecule has 3 rings (SSSR count). The van der Waals surface area contributed by atoms with Crippen molar-refractivity contribution in [3.63, 3.8) is 0 Å². The normalized spacial score (nSPS) is 19.1. The first-order chi connectivity index (χ1) is 11.7. The van der Waals surface area contributed by atoms with Crippen LogP contribution in [0.1, 0.15) is 33.6 Å². The minimum Gasteiger partial charge on any atom is -0.347 e. The van der Waals surface area contributed by atoms with E-state index in [0.717, 1.165) is 22.4 Å². The van der Waals surface area contributed by atoms with E-state index in [4.69, 9.17) is 0 Å². The molecule has 0 bridgehead atoms. The molecule has 1 atom stereocenters. The first-order valence-corrected chi connectivity index (χ1v) is 10.1. The van der Waals surface area contributed by atoms with E-state index in [2.05, 4.69) is 29.5 Å². The number of amides is 1. The van der Waals surface area contributed by atoms with Gasteiger partial charge in [-0.2, -0.15) is 5.10 Å². The Balaban J connectivity index is 1.87.